The van der Waals surface area contributed by atoms with Crippen LogP contribution in [0.4, 0.5) is 4.39 Å². The van der Waals surface area contributed by atoms with Crippen molar-refractivity contribution >= 4 is 63.5 Å². The summed E-state index contributed by atoms with van der Waals surface area (Å²) in [4.78, 5) is 14.5. The summed E-state index contributed by atoms with van der Waals surface area (Å²) in [5.41, 5.74) is 1.30. The quantitative estimate of drug-likeness (QED) is 0.390. The molecule has 0 bridgehead atoms. The summed E-state index contributed by atoms with van der Waals surface area (Å²) >= 11 is 19.1. The maximum Gasteiger partial charge on any atom is 0.266 e. The molecule has 3 rings (SSSR count). The molecule has 1 amide bonds. The second kappa shape index (κ2) is 9.91. The zero-order chi connectivity index (χ0) is 21.0. The average Bonchev–Trinajstić information content (AvgIpc) is 2.92. The molecule has 0 radical (unpaired) electrons. The third-order valence-corrected chi connectivity index (χ3v) is 5.92. The molecule has 1 fully saturated rings. The average molecular weight is 472 g/mol. The molecule has 2 aromatic carbocycles. The number of amides is 1. The molecule has 9 heteroatoms. The van der Waals surface area contributed by atoms with Gasteiger partial charge in [-0.2, -0.15) is 0 Å². The lowest BCUT2D eigenvalue weighted by atomic mass is 10.2. The molecule has 1 aliphatic heterocycles. The monoisotopic (exact) mass is 471 g/mol. The number of carbonyl (C=O) groups is 1. The Morgan fingerprint density at radius 3 is 2.62 bits per heavy atom. The Morgan fingerprint density at radius 1 is 1.24 bits per heavy atom. The molecule has 152 valence electrons. The summed E-state index contributed by atoms with van der Waals surface area (Å²) in [5.74, 6) is -0.237. The van der Waals surface area contributed by atoms with E-state index >= 15 is 0 Å². The van der Waals surface area contributed by atoms with Crippen LogP contribution in [0.1, 0.15) is 11.1 Å². The molecule has 1 aliphatic rings. The highest BCUT2D eigenvalue weighted by atomic mass is 35.5. The summed E-state index contributed by atoms with van der Waals surface area (Å²) in [5, 5.41) is 0.574. The zero-order valence-electron chi connectivity index (χ0n) is 15.3. The number of benzene rings is 2. The SMILES string of the molecule is COCCN1C(=O)/C(=C/c2cc(Cl)c(OCc3cccc(F)c3)c(Cl)c2)SC1=S. The molecule has 1 saturated heterocycles. The van der Waals surface area contributed by atoms with Gasteiger partial charge in [0, 0.05) is 7.11 Å². The van der Waals surface area contributed by atoms with Crippen LogP contribution in [0, 0.1) is 5.82 Å². The number of hydrogen-bond acceptors (Lipinski definition) is 5. The van der Waals surface area contributed by atoms with E-state index in [0.29, 0.717) is 39.3 Å². The number of hydrogen-bond donors (Lipinski definition) is 0. The van der Waals surface area contributed by atoms with E-state index in [4.69, 9.17) is 44.9 Å². The lowest BCUT2D eigenvalue weighted by molar-refractivity contribution is -0.122. The number of nitrogens with zero attached hydrogens (tertiary/aromatic N) is 1. The van der Waals surface area contributed by atoms with Crippen LogP contribution in [-0.2, 0) is 16.1 Å². The van der Waals surface area contributed by atoms with Crippen molar-refractivity contribution in [1.82, 2.24) is 4.90 Å². The minimum atomic E-state index is -0.346. The Balaban J connectivity index is 1.76. The number of methoxy groups -OCH3 is 1. The molecule has 0 N–H and O–H groups in total. The molecule has 1 heterocycles. The van der Waals surface area contributed by atoms with E-state index in [-0.39, 0.29) is 28.4 Å². The first-order valence-electron chi connectivity index (χ1n) is 8.49. The fourth-order valence-electron chi connectivity index (χ4n) is 2.61. The number of ether oxygens (including phenoxy) is 2. The van der Waals surface area contributed by atoms with Gasteiger partial charge in [-0.15, -0.1) is 0 Å². The summed E-state index contributed by atoms with van der Waals surface area (Å²) in [6.07, 6.45) is 1.68. The summed E-state index contributed by atoms with van der Waals surface area (Å²) < 4.78 is 24.4. The first-order chi connectivity index (χ1) is 13.9. The highest BCUT2D eigenvalue weighted by Gasteiger charge is 2.31. The molecule has 0 spiro atoms. The van der Waals surface area contributed by atoms with Gasteiger partial charge in [0.05, 0.1) is 28.1 Å². The van der Waals surface area contributed by atoms with Gasteiger partial charge in [0.2, 0.25) is 0 Å². The van der Waals surface area contributed by atoms with Gasteiger partial charge in [0.1, 0.15) is 16.7 Å². The van der Waals surface area contributed by atoms with Crippen LogP contribution in [0.5, 0.6) is 5.75 Å². The van der Waals surface area contributed by atoms with Crippen LogP contribution in [0.15, 0.2) is 41.3 Å². The van der Waals surface area contributed by atoms with E-state index in [1.54, 1.807) is 37.5 Å². The van der Waals surface area contributed by atoms with Gasteiger partial charge in [-0.3, -0.25) is 9.69 Å². The fourth-order valence-corrected chi connectivity index (χ4v) is 4.53. The summed E-state index contributed by atoms with van der Waals surface area (Å²) in [7, 11) is 1.56. The van der Waals surface area contributed by atoms with Crippen molar-refractivity contribution in [1.29, 1.82) is 0 Å². The van der Waals surface area contributed by atoms with Crippen LogP contribution in [0.3, 0.4) is 0 Å². The van der Waals surface area contributed by atoms with Gasteiger partial charge in [-0.25, -0.2) is 4.39 Å². The molecule has 29 heavy (non-hydrogen) atoms. The Hall–Kier alpha value is -1.64. The van der Waals surface area contributed by atoms with Crippen LogP contribution >= 0.6 is 47.2 Å². The third-order valence-electron chi connectivity index (χ3n) is 3.98. The first kappa shape index (κ1) is 22.1. The lowest BCUT2D eigenvalue weighted by Crippen LogP contribution is -2.31. The van der Waals surface area contributed by atoms with Crippen molar-refractivity contribution in [3.05, 3.63) is 68.3 Å². The van der Waals surface area contributed by atoms with E-state index in [2.05, 4.69) is 0 Å². The van der Waals surface area contributed by atoms with Gasteiger partial charge < -0.3 is 9.47 Å². The second-order valence-corrected chi connectivity index (χ2v) is 8.55. The van der Waals surface area contributed by atoms with Crippen LogP contribution in [0.25, 0.3) is 6.08 Å². The topological polar surface area (TPSA) is 38.8 Å². The molecule has 0 atom stereocenters. The Kier molecular flexibility index (Phi) is 7.54. The van der Waals surface area contributed by atoms with Crippen molar-refractivity contribution in [2.45, 2.75) is 6.61 Å². The minimum absolute atomic E-state index is 0.120. The van der Waals surface area contributed by atoms with E-state index in [1.165, 1.54) is 28.8 Å². The number of halogens is 3. The highest BCUT2D eigenvalue weighted by Crippen LogP contribution is 2.37. The molecular formula is C20H16Cl2FNO3S2. The van der Waals surface area contributed by atoms with E-state index < -0.39 is 0 Å². The second-order valence-electron chi connectivity index (χ2n) is 6.06. The smallest absolute Gasteiger partial charge is 0.266 e. The van der Waals surface area contributed by atoms with Gasteiger partial charge >= 0.3 is 0 Å². The fraction of sp³-hybridized carbons (Fsp3) is 0.200. The highest BCUT2D eigenvalue weighted by molar-refractivity contribution is 8.26. The molecular weight excluding hydrogens is 456 g/mol. The van der Waals surface area contributed by atoms with Gasteiger partial charge in [0.15, 0.2) is 5.75 Å². The van der Waals surface area contributed by atoms with Crippen LogP contribution in [0.2, 0.25) is 10.0 Å². The molecule has 2 aromatic rings. The van der Waals surface area contributed by atoms with Gasteiger partial charge in [-0.05, 0) is 41.5 Å². The van der Waals surface area contributed by atoms with Crippen molar-refractivity contribution in [2.24, 2.45) is 0 Å². The Labute approximate surface area is 187 Å². The standard InChI is InChI=1S/C20H16Cl2FNO3S2/c1-26-6-5-24-19(25)17(29-20(24)28)10-13-8-15(21)18(16(22)9-13)27-11-12-3-2-4-14(23)7-12/h2-4,7-10H,5-6,11H2,1H3/b17-10-. The van der Waals surface area contributed by atoms with E-state index in [9.17, 15) is 9.18 Å². The maximum atomic E-state index is 13.3. The molecule has 4 nitrogen and oxygen atoms in total. The normalized spacial score (nSPS) is 15.4. The predicted molar refractivity (Wildman–Crippen MR) is 119 cm³/mol. The number of thiocarbonyl (C=S) groups is 1. The van der Waals surface area contributed by atoms with E-state index in [1.807, 2.05) is 0 Å². The Bertz CT molecular complexity index is 961. The Morgan fingerprint density at radius 2 is 1.97 bits per heavy atom. The number of thioether (sulfide) groups is 1. The minimum Gasteiger partial charge on any atom is -0.486 e. The van der Waals surface area contributed by atoms with Gasteiger partial charge in [-0.1, -0.05) is 59.3 Å². The zero-order valence-corrected chi connectivity index (χ0v) is 18.4. The van der Waals surface area contributed by atoms with Crippen molar-refractivity contribution < 1.29 is 18.7 Å². The molecule has 0 aromatic heterocycles. The largest absolute Gasteiger partial charge is 0.486 e. The first-order valence-corrected chi connectivity index (χ1v) is 10.5. The van der Waals surface area contributed by atoms with Crippen molar-refractivity contribution in [2.75, 3.05) is 20.3 Å². The number of rotatable bonds is 7. The van der Waals surface area contributed by atoms with Crippen LogP contribution in [-0.4, -0.2) is 35.4 Å². The third kappa shape index (κ3) is 5.49. The molecule has 0 aliphatic carbocycles. The van der Waals surface area contributed by atoms with Crippen molar-refractivity contribution in [3.8, 4) is 5.75 Å². The summed E-state index contributed by atoms with van der Waals surface area (Å²) in [6, 6.07) is 9.37. The molecule has 0 saturated carbocycles. The van der Waals surface area contributed by atoms with E-state index in [0.717, 1.165) is 0 Å². The summed E-state index contributed by atoms with van der Waals surface area (Å²) in [6.45, 7) is 0.913. The number of carbonyl (C=O) groups excluding carboxylic acids is 1. The van der Waals surface area contributed by atoms with Crippen LogP contribution < -0.4 is 4.74 Å². The predicted octanol–water partition coefficient (Wildman–Crippen LogP) is 5.56. The molecule has 0 unspecified atom stereocenters. The van der Waals surface area contributed by atoms with Crippen molar-refractivity contribution in [3.63, 3.8) is 0 Å². The lowest BCUT2D eigenvalue weighted by Gasteiger charge is -2.13. The maximum absolute atomic E-state index is 13.3. The van der Waals surface area contributed by atoms with Gasteiger partial charge in [0.25, 0.3) is 5.91 Å².